The Balaban J connectivity index is 1.46. The first kappa shape index (κ1) is 26.2. The number of benzene rings is 7. The summed E-state index contributed by atoms with van der Waals surface area (Å²) in [7, 11) is 0. The van der Waals surface area contributed by atoms with Crippen molar-refractivity contribution in [1.29, 1.82) is 0 Å². The topological polar surface area (TPSA) is 3.24 Å². The molecule has 0 aliphatic heterocycles. The maximum absolute atomic E-state index is 2.45. The predicted octanol–water partition coefficient (Wildman–Crippen LogP) is 11.9. The van der Waals surface area contributed by atoms with E-state index >= 15 is 0 Å². The monoisotopic (exact) mass is 563 g/mol. The highest BCUT2D eigenvalue weighted by Crippen LogP contribution is 2.55. The zero-order valence-corrected chi connectivity index (χ0v) is 25.0. The van der Waals surface area contributed by atoms with Crippen molar-refractivity contribution in [3.63, 3.8) is 0 Å². The minimum absolute atomic E-state index is 0.120. The smallest absolute Gasteiger partial charge is 0.0540 e. The lowest BCUT2D eigenvalue weighted by molar-refractivity contribution is 0.662. The average molecular weight is 564 g/mol. The van der Waals surface area contributed by atoms with Crippen molar-refractivity contribution in [2.75, 3.05) is 4.90 Å². The van der Waals surface area contributed by atoms with Gasteiger partial charge in [-0.05, 0) is 80.0 Å². The van der Waals surface area contributed by atoms with Crippen LogP contribution in [0.15, 0.2) is 164 Å². The van der Waals surface area contributed by atoms with E-state index in [1.54, 1.807) is 0 Å². The minimum atomic E-state index is -0.120. The number of nitrogens with zero attached hydrogens (tertiary/aromatic N) is 1. The number of hydrogen-bond acceptors (Lipinski definition) is 1. The molecule has 0 atom stereocenters. The number of hydrogen-bond donors (Lipinski definition) is 0. The molecule has 7 aromatic rings. The van der Waals surface area contributed by atoms with Crippen LogP contribution in [0.5, 0.6) is 0 Å². The van der Waals surface area contributed by atoms with E-state index in [1.807, 2.05) is 0 Å². The summed E-state index contributed by atoms with van der Waals surface area (Å²) in [6, 6.07) is 59.6. The predicted molar refractivity (Wildman–Crippen MR) is 187 cm³/mol. The fourth-order valence-electron chi connectivity index (χ4n) is 7.16. The van der Waals surface area contributed by atoms with Gasteiger partial charge in [0.25, 0.3) is 0 Å². The lowest BCUT2D eigenvalue weighted by atomic mass is 9.78. The van der Waals surface area contributed by atoms with Crippen molar-refractivity contribution in [2.24, 2.45) is 0 Å². The molecule has 0 aromatic heterocycles. The van der Waals surface area contributed by atoms with Crippen LogP contribution in [0.25, 0.3) is 44.2 Å². The van der Waals surface area contributed by atoms with Crippen LogP contribution in [0.2, 0.25) is 0 Å². The lowest BCUT2D eigenvalue weighted by Crippen LogP contribution is -2.17. The first-order valence-corrected chi connectivity index (χ1v) is 15.4. The SMILES string of the molecule is CC1(C)c2ccccc2-c2cc(N(c3ccc4ccccc4c3)c3ccccc3-c3ccccc3)cc(-c3ccccc3)c21. The molecule has 0 N–H and O–H groups in total. The molecule has 0 unspecified atom stereocenters. The van der Waals surface area contributed by atoms with Gasteiger partial charge in [0.2, 0.25) is 0 Å². The Morgan fingerprint density at radius 3 is 1.73 bits per heavy atom. The number of anilines is 3. The molecule has 1 heteroatoms. The summed E-state index contributed by atoms with van der Waals surface area (Å²) in [4.78, 5) is 2.45. The van der Waals surface area contributed by atoms with E-state index in [2.05, 4.69) is 183 Å². The molecule has 1 aliphatic rings. The van der Waals surface area contributed by atoms with E-state index in [0.717, 1.165) is 17.1 Å². The quantitative estimate of drug-likeness (QED) is 0.201. The molecule has 44 heavy (non-hydrogen) atoms. The van der Waals surface area contributed by atoms with Crippen LogP contribution in [-0.4, -0.2) is 0 Å². The van der Waals surface area contributed by atoms with E-state index in [-0.39, 0.29) is 5.41 Å². The van der Waals surface area contributed by atoms with Crippen LogP contribution in [0.4, 0.5) is 17.1 Å². The van der Waals surface area contributed by atoms with Gasteiger partial charge >= 0.3 is 0 Å². The summed E-state index contributed by atoms with van der Waals surface area (Å²) in [6.07, 6.45) is 0. The zero-order valence-electron chi connectivity index (χ0n) is 25.0. The van der Waals surface area contributed by atoms with Crippen molar-refractivity contribution >= 4 is 27.8 Å². The van der Waals surface area contributed by atoms with Crippen LogP contribution in [0.3, 0.4) is 0 Å². The highest BCUT2D eigenvalue weighted by molar-refractivity contribution is 5.97. The molecule has 0 heterocycles. The van der Waals surface area contributed by atoms with Crippen LogP contribution in [0.1, 0.15) is 25.0 Å². The molecule has 0 spiro atoms. The zero-order chi connectivity index (χ0) is 29.7. The fourth-order valence-corrected chi connectivity index (χ4v) is 7.16. The normalized spacial score (nSPS) is 13.0. The molecule has 0 radical (unpaired) electrons. The molecule has 1 nitrogen and oxygen atoms in total. The van der Waals surface area contributed by atoms with Crippen LogP contribution >= 0.6 is 0 Å². The molecular formula is C43H33N. The standard InChI is InChI=1S/C43H33N/c1-43(2)40-23-13-11-22-37(40)39-29-35(28-38(42(39)43)32-18-7-4-8-19-32)44(34-26-25-30-15-9-10-20-33(30)27-34)41-24-14-12-21-36(41)31-16-5-3-6-17-31/h3-29H,1-2H3. The highest BCUT2D eigenvalue weighted by Gasteiger charge is 2.38. The number of para-hydroxylation sites is 1. The summed E-state index contributed by atoms with van der Waals surface area (Å²) >= 11 is 0. The lowest BCUT2D eigenvalue weighted by Gasteiger charge is -2.31. The van der Waals surface area contributed by atoms with E-state index in [9.17, 15) is 0 Å². The summed E-state index contributed by atoms with van der Waals surface area (Å²) in [5.74, 6) is 0. The maximum Gasteiger partial charge on any atom is 0.0540 e. The third-order valence-electron chi connectivity index (χ3n) is 9.20. The summed E-state index contributed by atoms with van der Waals surface area (Å²) < 4.78 is 0. The first-order valence-electron chi connectivity index (χ1n) is 15.4. The van der Waals surface area contributed by atoms with Crippen molar-refractivity contribution in [1.82, 2.24) is 0 Å². The summed E-state index contributed by atoms with van der Waals surface area (Å²) in [6.45, 7) is 4.74. The highest BCUT2D eigenvalue weighted by atomic mass is 15.1. The summed E-state index contributed by atoms with van der Waals surface area (Å²) in [5.41, 5.74) is 13.6. The minimum Gasteiger partial charge on any atom is -0.310 e. The molecule has 8 rings (SSSR count). The number of fused-ring (bicyclic) bond motifs is 4. The van der Waals surface area contributed by atoms with Crippen LogP contribution < -0.4 is 4.90 Å². The van der Waals surface area contributed by atoms with Gasteiger partial charge < -0.3 is 4.90 Å². The van der Waals surface area contributed by atoms with Gasteiger partial charge in [0.1, 0.15) is 0 Å². The average Bonchev–Trinajstić information content (AvgIpc) is 3.32. The number of rotatable bonds is 5. The van der Waals surface area contributed by atoms with Gasteiger partial charge in [-0.3, -0.25) is 0 Å². The second-order valence-corrected chi connectivity index (χ2v) is 12.2. The van der Waals surface area contributed by atoms with Crippen molar-refractivity contribution in [3.8, 4) is 33.4 Å². The Kier molecular flexibility index (Phi) is 6.20. The van der Waals surface area contributed by atoms with Crippen LogP contribution in [-0.2, 0) is 5.41 Å². The molecule has 210 valence electrons. The Labute approximate surface area is 259 Å². The third kappa shape index (κ3) is 4.24. The van der Waals surface area contributed by atoms with Crippen molar-refractivity contribution in [2.45, 2.75) is 19.3 Å². The molecule has 0 bridgehead atoms. The van der Waals surface area contributed by atoms with Gasteiger partial charge in [-0.25, -0.2) is 0 Å². The Hall–Kier alpha value is -5.40. The van der Waals surface area contributed by atoms with Gasteiger partial charge in [0.05, 0.1) is 5.69 Å². The molecule has 1 aliphatic carbocycles. The molecule has 0 saturated carbocycles. The van der Waals surface area contributed by atoms with Gasteiger partial charge in [-0.1, -0.05) is 147 Å². The molecule has 0 fully saturated rings. The van der Waals surface area contributed by atoms with Crippen molar-refractivity contribution < 1.29 is 0 Å². The van der Waals surface area contributed by atoms with E-state index in [1.165, 1.54) is 55.3 Å². The second-order valence-electron chi connectivity index (χ2n) is 12.2. The van der Waals surface area contributed by atoms with Gasteiger partial charge in [-0.15, -0.1) is 0 Å². The van der Waals surface area contributed by atoms with E-state index < -0.39 is 0 Å². The maximum atomic E-state index is 2.45. The molecule has 7 aromatic carbocycles. The van der Waals surface area contributed by atoms with Gasteiger partial charge in [0, 0.05) is 22.4 Å². The molecule has 0 amide bonds. The largest absolute Gasteiger partial charge is 0.310 e. The Morgan fingerprint density at radius 2 is 0.977 bits per heavy atom. The van der Waals surface area contributed by atoms with E-state index in [4.69, 9.17) is 0 Å². The first-order chi connectivity index (χ1) is 21.6. The van der Waals surface area contributed by atoms with Gasteiger partial charge in [0.15, 0.2) is 0 Å². The van der Waals surface area contributed by atoms with E-state index in [0.29, 0.717) is 0 Å². The molecule has 0 saturated heterocycles. The Bertz CT molecular complexity index is 2140. The summed E-state index contributed by atoms with van der Waals surface area (Å²) in [5, 5.41) is 2.46. The fraction of sp³-hybridized carbons (Fsp3) is 0.0698. The van der Waals surface area contributed by atoms with Crippen LogP contribution in [0, 0.1) is 0 Å². The Morgan fingerprint density at radius 1 is 0.409 bits per heavy atom. The van der Waals surface area contributed by atoms with Gasteiger partial charge in [-0.2, -0.15) is 0 Å². The molecular weight excluding hydrogens is 530 g/mol. The van der Waals surface area contributed by atoms with Crippen molar-refractivity contribution in [3.05, 3.63) is 175 Å². The third-order valence-corrected chi connectivity index (χ3v) is 9.20. The second kappa shape index (κ2) is 10.4.